The third kappa shape index (κ3) is 4.65. The predicted molar refractivity (Wildman–Crippen MR) is 80.8 cm³/mol. The zero-order valence-electron chi connectivity index (χ0n) is 12.3. The van der Waals surface area contributed by atoms with Crippen LogP contribution < -0.4 is 5.32 Å². The first-order valence-electron chi connectivity index (χ1n) is 7.07. The molecular formula is C15H17F2NO4S. The third-order valence-electron chi connectivity index (χ3n) is 3.83. The lowest BCUT2D eigenvalue weighted by molar-refractivity contribution is -0.154. The van der Waals surface area contributed by atoms with E-state index < -0.39 is 23.0 Å². The van der Waals surface area contributed by atoms with Crippen molar-refractivity contribution in [1.82, 2.24) is 5.32 Å². The first-order valence-corrected chi connectivity index (χ1v) is 7.95. The van der Waals surface area contributed by atoms with Crippen LogP contribution in [0.2, 0.25) is 0 Å². The summed E-state index contributed by atoms with van der Waals surface area (Å²) in [6.45, 7) is 0.710. The van der Waals surface area contributed by atoms with Crippen molar-refractivity contribution < 1.29 is 28.2 Å². The van der Waals surface area contributed by atoms with Gasteiger partial charge in [0.05, 0.1) is 5.41 Å². The average molecular weight is 345 g/mol. The third-order valence-corrected chi connectivity index (χ3v) is 4.56. The van der Waals surface area contributed by atoms with E-state index in [9.17, 15) is 23.5 Å². The van der Waals surface area contributed by atoms with Crippen LogP contribution in [0.5, 0.6) is 0 Å². The number of carboxylic acid groups (broad SMARTS) is 1. The summed E-state index contributed by atoms with van der Waals surface area (Å²) in [5, 5.41) is 12.0. The van der Waals surface area contributed by atoms with Crippen molar-refractivity contribution in [3.63, 3.8) is 0 Å². The molecule has 126 valence electrons. The molecule has 5 nitrogen and oxygen atoms in total. The van der Waals surface area contributed by atoms with E-state index in [0.717, 1.165) is 0 Å². The zero-order chi connectivity index (χ0) is 16.9. The minimum atomic E-state index is -2.52. The Hall–Kier alpha value is -1.67. The minimum absolute atomic E-state index is 0.0120. The van der Waals surface area contributed by atoms with Crippen molar-refractivity contribution in [3.05, 3.63) is 29.8 Å². The second-order valence-electron chi connectivity index (χ2n) is 5.28. The number of halogens is 2. The summed E-state index contributed by atoms with van der Waals surface area (Å²) >= 11 is 0.402. The Morgan fingerprint density at radius 1 is 1.26 bits per heavy atom. The molecule has 1 heterocycles. The largest absolute Gasteiger partial charge is 0.481 e. The topological polar surface area (TPSA) is 75.6 Å². The van der Waals surface area contributed by atoms with Crippen LogP contribution in [-0.2, 0) is 9.53 Å². The van der Waals surface area contributed by atoms with Crippen LogP contribution in [0.15, 0.2) is 29.2 Å². The Balaban J connectivity index is 1.97. The van der Waals surface area contributed by atoms with Gasteiger partial charge < -0.3 is 15.2 Å². The lowest BCUT2D eigenvalue weighted by Crippen LogP contribution is -2.46. The lowest BCUT2D eigenvalue weighted by Gasteiger charge is -2.33. The van der Waals surface area contributed by atoms with Gasteiger partial charge in [0.15, 0.2) is 0 Å². The van der Waals surface area contributed by atoms with E-state index in [2.05, 4.69) is 5.32 Å². The molecule has 0 bridgehead atoms. The molecule has 0 spiro atoms. The fourth-order valence-electron chi connectivity index (χ4n) is 2.37. The highest BCUT2D eigenvalue weighted by molar-refractivity contribution is 7.99. The van der Waals surface area contributed by atoms with E-state index >= 15 is 0 Å². The summed E-state index contributed by atoms with van der Waals surface area (Å²) in [5.74, 6) is -3.89. The van der Waals surface area contributed by atoms with Gasteiger partial charge in [0.1, 0.15) is 0 Å². The number of carbonyl (C=O) groups is 2. The zero-order valence-corrected chi connectivity index (χ0v) is 13.1. The second kappa shape index (κ2) is 7.74. The standard InChI is InChI=1S/C15H17F2NO4S/c16-14(17)23-11-3-1-10(2-4-11)12(19)18-9-15(13(20)21)5-7-22-8-6-15/h1-4,14H,5-9H2,(H,18,19)(H,20,21). The number of benzene rings is 1. The number of hydrogen-bond donors (Lipinski definition) is 2. The van der Waals surface area contributed by atoms with Crippen LogP contribution in [0.4, 0.5) is 8.78 Å². The number of alkyl halides is 2. The Kier molecular flexibility index (Phi) is 5.95. The summed E-state index contributed by atoms with van der Waals surface area (Å²) < 4.78 is 29.7. The molecule has 1 aromatic rings. The van der Waals surface area contributed by atoms with Gasteiger partial charge in [-0.3, -0.25) is 9.59 Å². The SMILES string of the molecule is O=C(NCC1(C(=O)O)CCOCC1)c1ccc(SC(F)F)cc1. The van der Waals surface area contributed by atoms with Gasteiger partial charge in [-0.25, -0.2) is 0 Å². The molecule has 2 N–H and O–H groups in total. The van der Waals surface area contributed by atoms with E-state index in [1.165, 1.54) is 24.3 Å². The maximum absolute atomic E-state index is 12.2. The molecule has 0 atom stereocenters. The predicted octanol–water partition coefficient (Wildman–Crippen LogP) is 2.61. The highest BCUT2D eigenvalue weighted by Crippen LogP contribution is 2.30. The number of carboxylic acids is 1. The molecular weight excluding hydrogens is 328 g/mol. The van der Waals surface area contributed by atoms with Crippen LogP contribution in [0.1, 0.15) is 23.2 Å². The van der Waals surface area contributed by atoms with Crippen molar-refractivity contribution in [2.45, 2.75) is 23.5 Å². The summed E-state index contributed by atoms with van der Waals surface area (Å²) in [4.78, 5) is 24.0. The maximum Gasteiger partial charge on any atom is 0.311 e. The van der Waals surface area contributed by atoms with E-state index in [1.807, 2.05) is 0 Å². The summed E-state index contributed by atoms with van der Waals surface area (Å²) in [6.07, 6.45) is 0.680. The monoisotopic (exact) mass is 345 g/mol. The van der Waals surface area contributed by atoms with Crippen molar-refractivity contribution >= 4 is 23.6 Å². The van der Waals surface area contributed by atoms with Gasteiger partial charge >= 0.3 is 5.97 Å². The smallest absolute Gasteiger partial charge is 0.311 e. The van der Waals surface area contributed by atoms with Gasteiger partial charge in [0, 0.05) is 30.2 Å². The first-order chi connectivity index (χ1) is 10.9. The number of ether oxygens (including phenoxy) is 1. The van der Waals surface area contributed by atoms with Gasteiger partial charge in [-0.1, -0.05) is 11.8 Å². The van der Waals surface area contributed by atoms with Gasteiger partial charge in [-0.2, -0.15) is 8.78 Å². The van der Waals surface area contributed by atoms with E-state index in [0.29, 0.717) is 48.3 Å². The number of carbonyl (C=O) groups excluding carboxylic acids is 1. The van der Waals surface area contributed by atoms with E-state index in [4.69, 9.17) is 4.74 Å². The Morgan fingerprint density at radius 2 is 1.87 bits per heavy atom. The molecule has 1 aliphatic rings. The van der Waals surface area contributed by atoms with E-state index in [1.54, 1.807) is 0 Å². The Bertz CT molecular complexity index is 559. The number of rotatable bonds is 6. The number of amides is 1. The molecule has 0 aromatic heterocycles. The van der Waals surface area contributed by atoms with Gasteiger partial charge in [-0.15, -0.1) is 0 Å². The minimum Gasteiger partial charge on any atom is -0.481 e. The fraction of sp³-hybridized carbons (Fsp3) is 0.467. The molecule has 0 aliphatic carbocycles. The molecule has 0 saturated carbocycles. The number of thioether (sulfide) groups is 1. The van der Waals surface area contributed by atoms with E-state index in [-0.39, 0.29) is 6.54 Å². The van der Waals surface area contributed by atoms with Crippen molar-refractivity contribution in [1.29, 1.82) is 0 Å². The van der Waals surface area contributed by atoms with Gasteiger partial charge in [0.2, 0.25) is 0 Å². The average Bonchev–Trinajstić information content (AvgIpc) is 2.53. The Morgan fingerprint density at radius 3 is 2.39 bits per heavy atom. The van der Waals surface area contributed by atoms with Gasteiger partial charge in [-0.05, 0) is 37.1 Å². The van der Waals surface area contributed by atoms with Crippen molar-refractivity contribution in [2.24, 2.45) is 5.41 Å². The van der Waals surface area contributed by atoms with Crippen LogP contribution in [0.25, 0.3) is 0 Å². The van der Waals surface area contributed by atoms with Crippen LogP contribution in [-0.4, -0.2) is 42.5 Å². The lowest BCUT2D eigenvalue weighted by atomic mass is 9.80. The quantitative estimate of drug-likeness (QED) is 0.775. The molecule has 1 aromatic carbocycles. The van der Waals surface area contributed by atoms with Crippen molar-refractivity contribution in [2.75, 3.05) is 19.8 Å². The normalized spacial score (nSPS) is 17.0. The van der Waals surface area contributed by atoms with Crippen LogP contribution in [0, 0.1) is 5.41 Å². The molecule has 23 heavy (non-hydrogen) atoms. The summed E-state index contributed by atoms with van der Waals surface area (Å²) in [5.41, 5.74) is -0.712. The number of hydrogen-bond acceptors (Lipinski definition) is 4. The molecule has 0 unspecified atom stereocenters. The fourth-order valence-corrected chi connectivity index (χ4v) is 2.87. The molecule has 1 saturated heterocycles. The molecule has 8 heteroatoms. The first kappa shape index (κ1) is 17.7. The van der Waals surface area contributed by atoms with Crippen molar-refractivity contribution in [3.8, 4) is 0 Å². The number of aliphatic carboxylic acids is 1. The van der Waals surface area contributed by atoms with Gasteiger partial charge in [0.25, 0.3) is 11.7 Å². The molecule has 0 radical (unpaired) electrons. The Labute approximate surface area is 136 Å². The van der Waals surface area contributed by atoms with Crippen LogP contribution in [0.3, 0.4) is 0 Å². The number of nitrogens with one attached hydrogen (secondary N) is 1. The summed E-state index contributed by atoms with van der Waals surface area (Å²) in [6, 6.07) is 5.76. The van der Waals surface area contributed by atoms with Crippen LogP contribution >= 0.6 is 11.8 Å². The maximum atomic E-state index is 12.2. The molecule has 1 aliphatic heterocycles. The highest BCUT2D eigenvalue weighted by atomic mass is 32.2. The molecule has 1 amide bonds. The second-order valence-corrected chi connectivity index (χ2v) is 6.35. The molecule has 1 fully saturated rings. The highest BCUT2D eigenvalue weighted by Gasteiger charge is 2.40. The summed E-state index contributed by atoms with van der Waals surface area (Å²) in [7, 11) is 0. The molecule has 2 rings (SSSR count).